The van der Waals surface area contributed by atoms with E-state index < -0.39 is 0 Å². The van der Waals surface area contributed by atoms with Gasteiger partial charge < -0.3 is 15.2 Å². The SMILES string of the molecule is Cc1noc(C)c1CN(C)C(=O)c1ccc(Cl)cc1N. The molecular formula is C14H16ClN3O2. The van der Waals surface area contributed by atoms with Gasteiger partial charge in [0.15, 0.2) is 0 Å². The Labute approximate surface area is 122 Å². The zero-order chi connectivity index (χ0) is 14.9. The number of rotatable bonds is 3. The van der Waals surface area contributed by atoms with E-state index in [0.717, 1.165) is 11.3 Å². The molecule has 0 bridgehead atoms. The second-order valence-electron chi connectivity index (χ2n) is 4.70. The molecule has 2 N–H and O–H groups in total. The number of hydrogen-bond donors (Lipinski definition) is 1. The highest BCUT2D eigenvalue weighted by Crippen LogP contribution is 2.21. The first kappa shape index (κ1) is 14.4. The van der Waals surface area contributed by atoms with E-state index in [-0.39, 0.29) is 5.91 Å². The molecule has 0 atom stereocenters. The lowest BCUT2D eigenvalue weighted by Gasteiger charge is -2.18. The lowest BCUT2D eigenvalue weighted by atomic mass is 10.1. The van der Waals surface area contributed by atoms with Crippen molar-refractivity contribution in [3.8, 4) is 0 Å². The van der Waals surface area contributed by atoms with Crippen LogP contribution in [0.15, 0.2) is 22.7 Å². The lowest BCUT2D eigenvalue weighted by Crippen LogP contribution is -2.27. The number of nitrogens with zero attached hydrogens (tertiary/aromatic N) is 2. The van der Waals surface area contributed by atoms with E-state index >= 15 is 0 Å². The van der Waals surface area contributed by atoms with Gasteiger partial charge in [-0.25, -0.2) is 0 Å². The van der Waals surface area contributed by atoms with Crippen LogP contribution in [-0.2, 0) is 6.54 Å². The first-order valence-electron chi connectivity index (χ1n) is 6.12. The van der Waals surface area contributed by atoms with Crippen LogP contribution in [0.1, 0.15) is 27.4 Å². The Balaban J connectivity index is 2.21. The van der Waals surface area contributed by atoms with Crippen molar-refractivity contribution in [1.82, 2.24) is 10.1 Å². The van der Waals surface area contributed by atoms with Gasteiger partial charge in [0, 0.05) is 23.3 Å². The molecule has 1 aromatic heterocycles. The summed E-state index contributed by atoms with van der Waals surface area (Å²) in [4.78, 5) is 14.0. The van der Waals surface area contributed by atoms with Crippen molar-refractivity contribution in [2.45, 2.75) is 20.4 Å². The number of carbonyl (C=O) groups is 1. The highest BCUT2D eigenvalue weighted by atomic mass is 35.5. The molecule has 0 radical (unpaired) electrons. The molecule has 0 aliphatic carbocycles. The molecule has 0 spiro atoms. The number of nitrogen functional groups attached to an aromatic ring is 1. The maximum Gasteiger partial charge on any atom is 0.255 e. The van der Waals surface area contributed by atoms with Crippen LogP contribution in [0.25, 0.3) is 0 Å². The van der Waals surface area contributed by atoms with Crippen LogP contribution in [0.5, 0.6) is 0 Å². The summed E-state index contributed by atoms with van der Waals surface area (Å²) in [6, 6.07) is 4.84. The normalized spacial score (nSPS) is 10.6. The van der Waals surface area contributed by atoms with Crippen LogP contribution in [0.2, 0.25) is 5.02 Å². The standard InChI is InChI=1S/C14H16ClN3O2/c1-8-12(9(2)20-17-8)7-18(3)14(19)11-5-4-10(15)6-13(11)16/h4-6H,7,16H2,1-3H3. The van der Waals surface area contributed by atoms with Gasteiger partial charge in [0.25, 0.3) is 5.91 Å². The van der Waals surface area contributed by atoms with E-state index in [0.29, 0.717) is 28.6 Å². The number of anilines is 1. The molecule has 1 heterocycles. The van der Waals surface area contributed by atoms with Gasteiger partial charge in [-0.1, -0.05) is 16.8 Å². The Morgan fingerprint density at radius 3 is 2.70 bits per heavy atom. The maximum atomic E-state index is 12.4. The Morgan fingerprint density at radius 2 is 2.15 bits per heavy atom. The average Bonchev–Trinajstić information content (AvgIpc) is 2.70. The minimum atomic E-state index is -0.167. The quantitative estimate of drug-likeness (QED) is 0.883. The molecular weight excluding hydrogens is 278 g/mol. The molecule has 6 heteroatoms. The third-order valence-electron chi connectivity index (χ3n) is 3.17. The maximum absolute atomic E-state index is 12.4. The Hall–Kier alpha value is -2.01. The molecule has 0 unspecified atom stereocenters. The summed E-state index contributed by atoms with van der Waals surface area (Å²) in [5, 5.41) is 4.38. The summed E-state index contributed by atoms with van der Waals surface area (Å²) in [6.45, 7) is 4.09. The van der Waals surface area contributed by atoms with Gasteiger partial charge in [0.1, 0.15) is 5.76 Å². The van der Waals surface area contributed by atoms with Crippen molar-refractivity contribution in [3.05, 3.63) is 45.8 Å². The smallest absolute Gasteiger partial charge is 0.255 e. The van der Waals surface area contributed by atoms with E-state index in [1.165, 1.54) is 0 Å². The largest absolute Gasteiger partial charge is 0.398 e. The van der Waals surface area contributed by atoms with E-state index in [4.69, 9.17) is 21.9 Å². The molecule has 106 valence electrons. The summed E-state index contributed by atoms with van der Waals surface area (Å²) in [5.41, 5.74) is 8.33. The number of aryl methyl sites for hydroxylation is 2. The second kappa shape index (κ2) is 5.54. The van der Waals surface area contributed by atoms with Crippen LogP contribution in [0.4, 0.5) is 5.69 Å². The molecule has 2 aromatic rings. The third kappa shape index (κ3) is 2.77. The highest BCUT2D eigenvalue weighted by molar-refractivity contribution is 6.31. The molecule has 2 rings (SSSR count). The van der Waals surface area contributed by atoms with Crippen molar-refractivity contribution < 1.29 is 9.32 Å². The zero-order valence-corrected chi connectivity index (χ0v) is 12.4. The molecule has 0 aliphatic rings. The molecule has 1 aromatic carbocycles. The number of amides is 1. The van der Waals surface area contributed by atoms with Crippen LogP contribution < -0.4 is 5.73 Å². The van der Waals surface area contributed by atoms with Gasteiger partial charge in [0.2, 0.25) is 0 Å². The van der Waals surface area contributed by atoms with Gasteiger partial charge >= 0.3 is 0 Å². The van der Waals surface area contributed by atoms with E-state index in [2.05, 4.69) is 5.16 Å². The minimum absolute atomic E-state index is 0.167. The van der Waals surface area contributed by atoms with Crippen LogP contribution in [0.3, 0.4) is 0 Å². The third-order valence-corrected chi connectivity index (χ3v) is 3.40. The molecule has 5 nitrogen and oxygen atoms in total. The zero-order valence-electron chi connectivity index (χ0n) is 11.6. The Morgan fingerprint density at radius 1 is 1.45 bits per heavy atom. The number of aromatic nitrogens is 1. The van der Waals surface area contributed by atoms with Crippen LogP contribution >= 0.6 is 11.6 Å². The van der Waals surface area contributed by atoms with Crippen molar-refractivity contribution in [3.63, 3.8) is 0 Å². The second-order valence-corrected chi connectivity index (χ2v) is 5.13. The van der Waals surface area contributed by atoms with Crippen LogP contribution in [0, 0.1) is 13.8 Å². The van der Waals surface area contributed by atoms with Crippen molar-refractivity contribution >= 4 is 23.2 Å². The van der Waals surface area contributed by atoms with Gasteiger partial charge in [0.05, 0.1) is 17.8 Å². The minimum Gasteiger partial charge on any atom is -0.398 e. The van der Waals surface area contributed by atoms with E-state index in [1.807, 2.05) is 13.8 Å². The van der Waals surface area contributed by atoms with Gasteiger partial charge in [-0.2, -0.15) is 0 Å². The molecule has 1 amide bonds. The van der Waals surface area contributed by atoms with Gasteiger partial charge in [-0.05, 0) is 32.0 Å². The van der Waals surface area contributed by atoms with Gasteiger partial charge in [-0.15, -0.1) is 0 Å². The molecule has 20 heavy (non-hydrogen) atoms. The van der Waals surface area contributed by atoms with Crippen molar-refractivity contribution in [2.24, 2.45) is 0 Å². The number of hydrogen-bond acceptors (Lipinski definition) is 4. The van der Waals surface area contributed by atoms with E-state index in [1.54, 1.807) is 30.1 Å². The lowest BCUT2D eigenvalue weighted by molar-refractivity contribution is 0.0785. The predicted octanol–water partition coefficient (Wildman–Crippen LogP) is 2.80. The van der Waals surface area contributed by atoms with Crippen molar-refractivity contribution in [1.29, 1.82) is 0 Å². The fraction of sp³-hybridized carbons (Fsp3) is 0.286. The summed E-state index contributed by atoms with van der Waals surface area (Å²) >= 11 is 5.83. The average molecular weight is 294 g/mol. The molecule has 0 fully saturated rings. The number of halogens is 1. The van der Waals surface area contributed by atoms with E-state index in [9.17, 15) is 4.79 Å². The molecule has 0 saturated heterocycles. The first-order chi connectivity index (χ1) is 9.40. The summed E-state index contributed by atoms with van der Waals surface area (Å²) in [7, 11) is 1.71. The highest BCUT2D eigenvalue weighted by Gasteiger charge is 2.18. The van der Waals surface area contributed by atoms with Gasteiger partial charge in [-0.3, -0.25) is 4.79 Å². The Bertz CT molecular complexity index is 632. The molecule has 0 saturated carbocycles. The topological polar surface area (TPSA) is 72.4 Å². The summed E-state index contributed by atoms with van der Waals surface area (Å²) in [6.07, 6.45) is 0. The number of carbonyl (C=O) groups excluding carboxylic acids is 1. The fourth-order valence-corrected chi connectivity index (χ4v) is 2.15. The summed E-state index contributed by atoms with van der Waals surface area (Å²) < 4.78 is 5.09. The Kier molecular flexibility index (Phi) is 3.99. The summed E-state index contributed by atoms with van der Waals surface area (Å²) in [5.74, 6) is 0.547. The number of benzene rings is 1. The predicted molar refractivity (Wildman–Crippen MR) is 77.6 cm³/mol. The van der Waals surface area contributed by atoms with Crippen molar-refractivity contribution in [2.75, 3.05) is 12.8 Å². The number of nitrogens with two attached hydrogens (primary N) is 1. The first-order valence-corrected chi connectivity index (χ1v) is 6.50. The fourth-order valence-electron chi connectivity index (χ4n) is 1.97. The monoisotopic (exact) mass is 293 g/mol. The molecule has 0 aliphatic heterocycles. The van der Waals surface area contributed by atoms with Crippen LogP contribution in [-0.4, -0.2) is 23.0 Å².